The summed E-state index contributed by atoms with van der Waals surface area (Å²) in [4.78, 5) is 12.7. The first-order valence-electron chi connectivity index (χ1n) is 8.16. The van der Waals surface area contributed by atoms with Gasteiger partial charge >= 0.3 is 0 Å². The van der Waals surface area contributed by atoms with Crippen molar-refractivity contribution in [2.24, 2.45) is 0 Å². The number of Topliss-reactive ketones (excluding diaryl/α,β-unsaturated/α-hetero) is 1. The molecule has 0 bridgehead atoms. The number of aromatic nitrogens is 2. The Morgan fingerprint density at radius 1 is 1.30 bits per heavy atom. The zero-order valence-electron chi connectivity index (χ0n) is 14.8. The lowest BCUT2D eigenvalue weighted by Gasteiger charge is -2.17. The van der Waals surface area contributed by atoms with Crippen LogP contribution >= 0.6 is 0 Å². The molecule has 0 unspecified atom stereocenters. The highest BCUT2D eigenvalue weighted by atomic mass is 16.5. The van der Waals surface area contributed by atoms with Crippen molar-refractivity contribution in [2.75, 3.05) is 13.7 Å². The lowest BCUT2D eigenvalue weighted by atomic mass is 10.1. The molecule has 2 aromatic heterocycles. The van der Waals surface area contributed by atoms with Crippen molar-refractivity contribution in [1.29, 1.82) is 0 Å². The van der Waals surface area contributed by atoms with Crippen molar-refractivity contribution in [3.63, 3.8) is 0 Å². The Kier molecular flexibility index (Phi) is 5.72. The number of methoxy groups -OCH3 is 1. The molecule has 0 aliphatic carbocycles. The first-order chi connectivity index (χ1) is 11.0. The Morgan fingerprint density at radius 3 is 2.52 bits per heavy atom. The maximum Gasteiger partial charge on any atom is 0.229 e. The van der Waals surface area contributed by atoms with Gasteiger partial charge in [0.25, 0.3) is 0 Å². The minimum absolute atomic E-state index is 0.142. The van der Waals surface area contributed by atoms with E-state index >= 15 is 0 Å². The Bertz CT molecular complexity index is 671. The molecule has 0 spiro atoms. The largest absolute Gasteiger partial charge is 0.383 e. The number of hydrogen-bond donors (Lipinski definition) is 0. The molecule has 0 aliphatic rings. The lowest BCUT2D eigenvalue weighted by molar-refractivity contribution is -0.683. The predicted octanol–water partition coefficient (Wildman–Crippen LogP) is 3.05. The number of nitrogens with zero attached hydrogens (tertiary/aromatic N) is 2. The van der Waals surface area contributed by atoms with Crippen LogP contribution < -0.4 is 4.57 Å². The smallest absolute Gasteiger partial charge is 0.229 e. The second-order valence-corrected chi connectivity index (χ2v) is 6.11. The molecule has 1 atom stereocenters. The molecule has 0 saturated carbocycles. The summed E-state index contributed by atoms with van der Waals surface area (Å²) in [5.74, 6) is 0.142. The maximum atomic E-state index is 12.7. The van der Waals surface area contributed by atoms with E-state index in [4.69, 9.17) is 4.74 Å². The fraction of sp³-hybridized carbons (Fsp3) is 0.474. The first kappa shape index (κ1) is 17.4. The van der Waals surface area contributed by atoms with E-state index in [1.807, 2.05) is 36.9 Å². The van der Waals surface area contributed by atoms with Crippen molar-refractivity contribution in [1.82, 2.24) is 4.57 Å². The van der Waals surface area contributed by atoms with Gasteiger partial charge in [0.2, 0.25) is 12.3 Å². The Balaban J connectivity index is 2.20. The van der Waals surface area contributed by atoms with Gasteiger partial charge in [-0.2, -0.15) is 4.57 Å². The standard InChI is InChI=1S/C19H27N2O2/c1-6-17-7-9-20(10-8-17)12-19(22)18-11-14(2)21(16(18)4)15(3)13-23-5/h7-11,15H,6,12-13H2,1-5H3/q+1/t15-/m1/s1. The van der Waals surface area contributed by atoms with Crippen LogP contribution in [0.5, 0.6) is 0 Å². The molecule has 2 heterocycles. The molecule has 4 heteroatoms. The molecule has 2 rings (SSSR count). The minimum atomic E-state index is 0.142. The highest BCUT2D eigenvalue weighted by Gasteiger charge is 2.21. The van der Waals surface area contributed by atoms with E-state index in [0.29, 0.717) is 13.2 Å². The van der Waals surface area contributed by atoms with Gasteiger partial charge in [0.05, 0.1) is 12.6 Å². The van der Waals surface area contributed by atoms with E-state index in [0.717, 1.165) is 23.4 Å². The average molecular weight is 315 g/mol. The van der Waals surface area contributed by atoms with E-state index < -0.39 is 0 Å². The molecule has 23 heavy (non-hydrogen) atoms. The van der Waals surface area contributed by atoms with E-state index in [1.54, 1.807) is 7.11 Å². The molecular formula is C19H27N2O2+. The van der Waals surface area contributed by atoms with Crippen molar-refractivity contribution >= 4 is 5.78 Å². The number of carbonyl (C=O) groups excluding carboxylic acids is 1. The molecule has 0 fully saturated rings. The summed E-state index contributed by atoms with van der Waals surface area (Å²) in [5, 5.41) is 0. The van der Waals surface area contributed by atoms with Crippen LogP contribution in [0.15, 0.2) is 30.6 Å². The van der Waals surface area contributed by atoms with Gasteiger partial charge in [-0.15, -0.1) is 0 Å². The van der Waals surface area contributed by atoms with Gasteiger partial charge in [-0.05, 0) is 38.8 Å². The Morgan fingerprint density at radius 2 is 1.96 bits per heavy atom. The van der Waals surface area contributed by atoms with Crippen molar-refractivity contribution < 1.29 is 14.1 Å². The average Bonchev–Trinajstić information content (AvgIpc) is 2.83. The number of ketones is 1. The fourth-order valence-electron chi connectivity index (χ4n) is 3.13. The third-order valence-electron chi connectivity index (χ3n) is 4.33. The zero-order valence-corrected chi connectivity index (χ0v) is 14.8. The van der Waals surface area contributed by atoms with Crippen LogP contribution in [-0.2, 0) is 17.7 Å². The molecule has 0 radical (unpaired) electrons. The molecule has 0 saturated heterocycles. The second kappa shape index (κ2) is 7.55. The number of aryl methyl sites for hydroxylation is 2. The van der Waals surface area contributed by atoms with Crippen molar-refractivity contribution in [3.8, 4) is 0 Å². The Labute approximate surface area is 138 Å². The van der Waals surface area contributed by atoms with E-state index in [9.17, 15) is 4.79 Å². The van der Waals surface area contributed by atoms with Crippen molar-refractivity contribution in [2.45, 2.75) is 46.7 Å². The van der Waals surface area contributed by atoms with E-state index in [-0.39, 0.29) is 11.8 Å². The van der Waals surface area contributed by atoms with Gasteiger partial charge in [0.1, 0.15) is 0 Å². The second-order valence-electron chi connectivity index (χ2n) is 6.11. The molecule has 0 aromatic carbocycles. The first-order valence-corrected chi connectivity index (χ1v) is 8.16. The summed E-state index contributed by atoms with van der Waals surface area (Å²) in [5.41, 5.74) is 4.20. The van der Waals surface area contributed by atoms with Gasteiger partial charge in [0, 0.05) is 36.2 Å². The van der Waals surface area contributed by atoms with Crippen LogP contribution in [0.2, 0.25) is 0 Å². The van der Waals surface area contributed by atoms with Crippen molar-refractivity contribution in [3.05, 3.63) is 53.1 Å². The summed E-state index contributed by atoms with van der Waals surface area (Å²) >= 11 is 0. The van der Waals surface area contributed by atoms with Gasteiger partial charge in [-0.3, -0.25) is 4.79 Å². The van der Waals surface area contributed by atoms with Gasteiger partial charge < -0.3 is 9.30 Å². The highest BCUT2D eigenvalue weighted by Crippen LogP contribution is 2.21. The normalized spacial score (nSPS) is 12.4. The minimum Gasteiger partial charge on any atom is -0.383 e. The van der Waals surface area contributed by atoms with Crippen LogP contribution in [0.3, 0.4) is 0 Å². The zero-order chi connectivity index (χ0) is 17.0. The van der Waals surface area contributed by atoms with Gasteiger partial charge in [-0.25, -0.2) is 0 Å². The predicted molar refractivity (Wildman–Crippen MR) is 90.8 cm³/mol. The molecule has 0 amide bonds. The van der Waals surface area contributed by atoms with Crippen LogP contribution in [0, 0.1) is 13.8 Å². The number of rotatable bonds is 7. The quantitative estimate of drug-likeness (QED) is 0.581. The summed E-state index contributed by atoms with van der Waals surface area (Å²) in [6.45, 7) is 9.29. The molecule has 4 nitrogen and oxygen atoms in total. The summed E-state index contributed by atoms with van der Waals surface area (Å²) in [6, 6.07) is 6.34. The number of ether oxygens (including phenoxy) is 1. The third-order valence-corrected chi connectivity index (χ3v) is 4.33. The monoisotopic (exact) mass is 315 g/mol. The summed E-state index contributed by atoms with van der Waals surface area (Å²) in [6.07, 6.45) is 4.96. The molecule has 2 aromatic rings. The van der Waals surface area contributed by atoms with E-state index in [2.05, 4.69) is 30.5 Å². The SMILES string of the molecule is CCc1cc[n+](CC(=O)c2cc(C)n([C@H](C)COC)c2C)cc1. The molecule has 124 valence electrons. The summed E-state index contributed by atoms with van der Waals surface area (Å²) < 4.78 is 9.36. The number of carbonyl (C=O) groups is 1. The van der Waals surface area contributed by atoms with Crippen LogP contribution in [0.25, 0.3) is 0 Å². The highest BCUT2D eigenvalue weighted by molar-refractivity contribution is 5.96. The molecule has 0 aliphatic heterocycles. The van der Waals surface area contributed by atoms with Gasteiger partial charge in [-0.1, -0.05) is 6.92 Å². The summed E-state index contributed by atoms with van der Waals surface area (Å²) in [7, 11) is 1.70. The lowest BCUT2D eigenvalue weighted by Crippen LogP contribution is -2.37. The molecule has 0 N–H and O–H groups in total. The van der Waals surface area contributed by atoms with Crippen LogP contribution in [-0.4, -0.2) is 24.1 Å². The van der Waals surface area contributed by atoms with Crippen LogP contribution in [0.1, 0.15) is 47.2 Å². The van der Waals surface area contributed by atoms with E-state index in [1.165, 1.54) is 5.56 Å². The fourth-order valence-corrected chi connectivity index (χ4v) is 3.13. The number of hydrogen-bond acceptors (Lipinski definition) is 2. The van der Waals surface area contributed by atoms with Crippen LogP contribution in [0.4, 0.5) is 0 Å². The molecular weight excluding hydrogens is 288 g/mol. The number of pyridine rings is 1. The van der Waals surface area contributed by atoms with Gasteiger partial charge in [0.15, 0.2) is 12.4 Å². The maximum absolute atomic E-state index is 12.7. The topological polar surface area (TPSA) is 35.1 Å². The third kappa shape index (κ3) is 3.88. The Hall–Kier alpha value is -1.94.